The highest BCUT2D eigenvalue weighted by molar-refractivity contribution is 5.58. The van der Waals surface area contributed by atoms with Crippen LogP contribution in [-0.2, 0) is 4.74 Å². The second kappa shape index (κ2) is 7.50. The van der Waals surface area contributed by atoms with Crippen LogP contribution in [0.3, 0.4) is 0 Å². The molecular weight excluding hydrogens is 252 g/mol. The molecule has 4 nitrogen and oxygen atoms in total. The van der Waals surface area contributed by atoms with E-state index in [4.69, 9.17) is 9.47 Å². The maximum absolute atomic E-state index is 5.82. The molecule has 0 unspecified atom stereocenters. The molecule has 0 amide bonds. The number of rotatable bonds is 6. The summed E-state index contributed by atoms with van der Waals surface area (Å²) < 4.78 is 10.9. The first-order valence-corrected chi connectivity index (χ1v) is 7.36. The number of methoxy groups -OCH3 is 1. The molecule has 112 valence electrons. The van der Waals surface area contributed by atoms with Crippen molar-refractivity contribution in [1.82, 2.24) is 4.90 Å². The molecule has 4 heteroatoms. The molecule has 2 rings (SSSR count). The van der Waals surface area contributed by atoms with Gasteiger partial charge in [0.1, 0.15) is 12.4 Å². The van der Waals surface area contributed by atoms with Gasteiger partial charge in [0.25, 0.3) is 0 Å². The average Bonchev–Trinajstić information content (AvgIpc) is 2.44. The summed E-state index contributed by atoms with van der Waals surface area (Å²) in [4.78, 5) is 2.38. The summed E-state index contributed by atoms with van der Waals surface area (Å²) in [7, 11) is 3.87. The third-order valence-corrected chi connectivity index (χ3v) is 3.76. The van der Waals surface area contributed by atoms with E-state index in [1.54, 1.807) is 7.11 Å². The Hall–Kier alpha value is -1.26. The van der Waals surface area contributed by atoms with Crippen LogP contribution in [0.1, 0.15) is 18.4 Å². The molecule has 0 bridgehead atoms. The molecular formula is C16H26N2O2. The lowest BCUT2D eigenvalue weighted by Crippen LogP contribution is -2.36. The van der Waals surface area contributed by atoms with E-state index in [0.29, 0.717) is 19.3 Å². The van der Waals surface area contributed by atoms with Gasteiger partial charge in [0.05, 0.1) is 12.3 Å². The van der Waals surface area contributed by atoms with Crippen LogP contribution in [-0.4, -0.2) is 51.4 Å². The minimum absolute atomic E-state index is 0.540. The highest BCUT2D eigenvalue weighted by Crippen LogP contribution is 2.28. The molecule has 1 aliphatic heterocycles. The lowest BCUT2D eigenvalue weighted by molar-refractivity contribution is 0.146. The predicted molar refractivity (Wildman–Crippen MR) is 82.7 cm³/mol. The zero-order valence-corrected chi connectivity index (χ0v) is 12.8. The number of hydrogen-bond donors (Lipinski definition) is 1. The third kappa shape index (κ3) is 4.39. The van der Waals surface area contributed by atoms with Gasteiger partial charge in [-0.05, 0) is 57.6 Å². The number of hydrogen-bond acceptors (Lipinski definition) is 4. The number of nitrogens with one attached hydrogen (secondary N) is 1. The summed E-state index contributed by atoms with van der Waals surface area (Å²) in [5.74, 6) is 0.931. The molecule has 20 heavy (non-hydrogen) atoms. The van der Waals surface area contributed by atoms with E-state index < -0.39 is 0 Å². The molecule has 0 aromatic heterocycles. The van der Waals surface area contributed by atoms with Gasteiger partial charge in [0.15, 0.2) is 0 Å². The highest BCUT2D eigenvalue weighted by Gasteiger charge is 2.17. The van der Waals surface area contributed by atoms with Crippen LogP contribution in [0.15, 0.2) is 18.2 Å². The van der Waals surface area contributed by atoms with E-state index in [0.717, 1.165) is 24.5 Å². The summed E-state index contributed by atoms with van der Waals surface area (Å²) in [6.45, 7) is 5.60. The van der Waals surface area contributed by atoms with E-state index in [1.807, 2.05) is 0 Å². The zero-order valence-electron chi connectivity index (χ0n) is 12.8. The fraction of sp³-hybridized carbons (Fsp3) is 0.625. The van der Waals surface area contributed by atoms with Gasteiger partial charge in [-0.1, -0.05) is 6.07 Å². The summed E-state index contributed by atoms with van der Waals surface area (Å²) in [5, 5.41) is 3.63. The van der Waals surface area contributed by atoms with Crippen LogP contribution in [0.25, 0.3) is 0 Å². The largest absolute Gasteiger partial charge is 0.489 e. The molecule has 0 radical (unpaired) electrons. The Morgan fingerprint density at radius 2 is 2.00 bits per heavy atom. The number of piperidine rings is 1. The van der Waals surface area contributed by atoms with Crippen molar-refractivity contribution in [2.75, 3.05) is 45.8 Å². The molecule has 1 aliphatic rings. The Morgan fingerprint density at radius 3 is 2.70 bits per heavy atom. The van der Waals surface area contributed by atoms with Gasteiger partial charge in [-0.2, -0.15) is 0 Å². The fourth-order valence-corrected chi connectivity index (χ4v) is 2.48. The van der Waals surface area contributed by atoms with E-state index in [1.165, 1.54) is 18.4 Å². The number of ether oxygens (including phenoxy) is 2. The Bertz CT molecular complexity index is 415. The van der Waals surface area contributed by atoms with Crippen molar-refractivity contribution >= 4 is 5.69 Å². The smallest absolute Gasteiger partial charge is 0.142 e. The normalized spacial score (nSPS) is 17.1. The van der Waals surface area contributed by atoms with Gasteiger partial charge in [0.2, 0.25) is 0 Å². The predicted octanol–water partition coefficient (Wildman–Crippen LogP) is 2.53. The molecule has 0 saturated carbocycles. The number of anilines is 1. The molecule has 1 aromatic carbocycles. The van der Waals surface area contributed by atoms with Crippen molar-refractivity contribution in [2.45, 2.75) is 25.8 Å². The number of likely N-dealkylation sites (tertiary alicyclic amines) is 1. The lowest BCUT2D eigenvalue weighted by atomic mass is 10.0. The Morgan fingerprint density at radius 1 is 1.25 bits per heavy atom. The maximum atomic E-state index is 5.82. The van der Waals surface area contributed by atoms with Crippen LogP contribution in [0.5, 0.6) is 5.75 Å². The van der Waals surface area contributed by atoms with Crippen LogP contribution in [0, 0.1) is 6.92 Å². The van der Waals surface area contributed by atoms with E-state index in [-0.39, 0.29) is 0 Å². The summed E-state index contributed by atoms with van der Waals surface area (Å²) in [6, 6.07) is 6.88. The maximum Gasteiger partial charge on any atom is 0.142 e. The molecule has 0 aliphatic carbocycles. The topological polar surface area (TPSA) is 33.7 Å². The summed E-state index contributed by atoms with van der Waals surface area (Å²) in [6.07, 6.45) is 2.36. The Labute approximate surface area is 122 Å². The SMILES string of the molecule is COCCOc1cc(C)ccc1NC1CCN(C)CC1. The molecule has 0 spiro atoms. The molecule has 1 saturated heterocycles. The standard InChI is InChI=1S/C16H26N2O2/c1-13-4-5-15(16(12-13)20-11-10-19-3)17-14-6-8-18(2)9-7-14/h4-5,12,14,17H,6-11H2,1-3H3. The van der Waals surface area contributed by atoms with Crippen molar-refractivity contribution in [3.63, 3.8) is 0 Å². The van der Waals surface area contributed by atoms with Gasteiger partial charge in [-0.25, -0.2) is 0 Å². The summed E-state index contributed by atoms with van der Waals surface area (Å²) >= 11 is 0. The van der Waals surface area contributed by atoms with Gasteiger partial charge in [0, 0.05) is 13.2 Å². The quantitative estimate of drug-likeness (QED) is 0.811. The van der Waals surface area contributed by atoms with E-state index in [9.17, 15) is 0 Å². The Kier molecular flexibility index (Phi) is 5.68. The first-order valence-electron chi connectivity index (χ1n) is 7.36. The number of aryl methyl sites for hydroxylation is 1. The van der Waals surface area contributed by atoms with Crippen molar-refractivity contribution < 1.29 is 9.47 Å². The van der Waals surface area contributed by atoms with Crippen LogP contribution < -0.4 is 10.1 Å². The second-order valence-electron chi connectivity index (χ2n) is 5.56. The monoisotopic (exact) mass is 278 g/mol. The molecule has 0 atom stereocenters. The van der Waals surface area contributed by atoms with Gasteiger partial charge in [-0.3, -0.25) is 0 Å². The van der Waals surface area contributed by atoms with E-state index in [2.05, 4.69) is 42.4 Å². The van der Waals surface area contributed by atoms with Crippen molar-refractivity contribution in [3.8, 4) is 5.75 Å². The van der Waals surface area contributed by atoms with Crippen molar-refractivity contribution in [1.29, 1.82) is 0 Å². The number of benzene rings is 1. The summed E-state index contributed by atoms with van der Waals surface area (Å²) in [5.41, 5.74) is 2.31. The fourth-order valence-electron chi connectivity index (χ4n) is 2.48. The second-order valence-corrected chi connectivity index (χ2v) is 5.56. The first-order chi connectivity index (χ1) is 9.69. The minimum atomic E-state index is 0.540. The Balaban J connectivity index is 1.98. The van der Waals surface area contributed by atoms with Gasteiger partial charge in [-0.15, -0.1) is 0 Å². The number of nitrogens with zero attached hydrogens (tertiary/aromatic N) is 1. The van der Waals surface area contributed by atoms with Gasteiger partial charge < -0.3 is 19.7 Å². The van der Waals surface area contributed by atoms with E-state index >= 15 is 0 Å². The van der Waals surface area contributed by atoms with Crippen LogP contribution in [0.2, 0.25) is 0 Å². The zero-order chi connectivity index (χ0) is 14.4. The minimum Gasteiger partial charge on any atom is -0.489 e. The van der Waals surface area contributed by atoms with Crippen molar-refractivity contribution in [3.05, 3.63) is 23.8 Å². The first kappa shape index (κ1) is 15.1. The van der Waals surface area contributed by atoms with Crippen LogP contribution >= 0.6 is 0 Å². The molecule has 1 aromatic rings. The van der Waals surface area contributed by atoms with Crippen LogP contribution in [0.4, 0.5) is 5.69 Å². The van der Waals surface area contributed by atoms with Gasteiger partial charge >= 0.3 is 0 Å². The van der Waals surface area contributed by atoms with Crippen molar-refractivity contribution in [2.24, 2.45) is 0 Å². The average molecular weight is 278 g/mol. The molecule has 1 fully saturated rings. The third-order valence-electron chi connectivity index (χ3n) is 3.76. The molecule has 1 N–H and O–H groups in total. The lowest BCUT2D eigenvalue weighted by Gasteiger charge is -2.30. The molecule has 1 heterocycles. The highest BCUT2D eigenvalue weighted by atomic mass is 16.5.